The first-order valence-electron chi connectivity index (χ1n) is 8.42. The molecular weight excluding hydrogens is 312 g/mol. The molecule has 25 heavy (non-hydrogen) atoms. The fourth-order valence-electron chi connectivity index (χ4n) is 3.61. The highest BCUT2D eigenvalue weighted by Gasteiger charge is 2.46. The van der Waals surface area contributed by atoms with E-state index < -0.39 is 11.4 Å². The van der Waals surface area contributed by atoms with Crippen LogP contribution in [0.5, 0.6) is 0 Å². The molecule has 0 aromatic heterocycles. The van der Waals surface area contributed by atoms with E-state index in [4.69, 9.17) is 4.74 Å². The summed E-state index contributed by atoms with van der Waals surface area (Å²) in [5, 5.41) is 0. The first-order valence-corrected chi connectivity index (χ1v) is 8.42. The number of hydrogen-bond donors (Lipinski definition) is 0. The summed E-state index contributed by atoms with van der Waals surface area (Å²) in [5.41, 5.74) is 3.83. The van der Waals surface area contributed by atoms with Crippen molar-refractivity contribution in [3.63, 3.8) is 0 Å². The van der Waals surface area contributed by atoms with Crippen LogP contribution < -0.4 is 0 Å². The molecule has 0 spiro atoms. The van der Waals surface area contributed by atoms with Gasteiger partial charge in [0.15, 0.2) is 5.78 Å². The molecule has 1 aliphatic carbocycles. The van der Waals surface area contributed by atoms with Crippen molar-refractivity contribution in [1.82, 2.24) is 0 Å². The van der Waals surface area contributed by atoms with Crippen LogP contribution in [0.25, 0.3) is 5.57 Å². The zero-order chi connectivity index (χ0) is 18.2. The zero-order valence-corrected chi connectivity index (χ0v) is 15.1. The van der Waals surface area contributed by atoms with Gasteiger partial charge in [-0.25, -0.2) is 0 Å². The highest BCUT2D eigenvalue weighted by Crippen LogP contribution is 2.47. The summed E-state index contributed by atoms with van der Waals surface area (Å²) in [6.07, 6.45) is 0.294. The number of benzene rings is 2. The molecule has 128 valence electrons. The average Bonchev–Trinajstić information content (AvgIpc) is 2.80. The highest BCUT2D eigenvalue weighted by molar-refractivity contribution is 6.25. The van der Waals surface area contributed by atoms with Crippen LogP contribution in [0.3, 0.4) is 0 Å². The lowest BCUT2D eigenvalue weighted by molar-refractivity contribution is -0.137. The summed E-state index contributed by atoms with van der Waals surface area (Å²) in [6, 6.07) is 15.7. The molecule has 0 fully saturated rings. The summed E-state index contributed by atoms with van der Waals surface area (Å²) in [5.74, 6) is 0.0619. The minimum atomic E-state index is -0.642. The maximum absolute atomic E-state index is 12.9. The van der Waals surface area contributed by atoms with Crippen LogP contribution in [0.2, 0.25) is 0 Å². The molecule has 0 radical (unpaired) electrons. The third-order valence-corrected chi connectivity index (χ3v) is 4.83. The molecule has 0 saturated heterocycles. The van der Waals surface area contributed by atoms with Gasteiger partial charge < -0.3 is 4.74 Å². The number of carbonyl (C=O) groups is 2. The number of aryl methyl sites for hydroxylation is 2. The Morgan fingerprint density at radius 3 is 2.36 bits per heavy atom. The normalized spacial score (nSPS) is 20.1. The number of esters is 1. The van der Waals surface area contributed by atoms with E-state index in [1.165, 1.54) is 6.92 Å². The molecular formula is C22H22O3. The molecule has 3 heteroatoms. The van der Waals surface area contributed by atoms with Gasteiger partial charge in [-0.2, -0.15) is 0 Å². The van der Waals surface area contributed by atoms with E-state index in [2.05, 4.69) is 0 Å². The van der Waals surface area contributed by atoms with Crippen molar-refractivity contribution < 1.29 is 14.3 Å². The molecule has 0 N–H and O–H groups in total. The first-order chi connectivity index (χ1) is 11.8. The van der Waals surface area contributed by atoms with Crippen LogP contribution in [0.15, 0.2) is 54.3 Å². The van der Waals surface area contributed by atoms with Crippen molar-refractivity contribution in [2.75, 3.05) is 0 Å². The van der Waals surface area contributed by atoms with Gasteiger partial charge in [0.2, 0.25) is 0 Å². The van der Waals surface area contributed by atoms with Gasteiger partial charge in [0.1, 0.15) is 5.76 Å². The SMILES string of the molecule is CC(=O)OC1=C(c2ccc(C)cc2C)C(=O)CC1(C)c1ccccc1. The third-order valence-electron chi connectivity index (χ3n) is 4.83. The van der Waals surface area contributed by atoms with E-state index >= 15 is 0 Å². The lowest BCUT2D eigenvalue weighted by Crippen LogP contribution is -2.25. The summed E-state index contributed by atoms with van der Waals surface area (Å²) >= 11 is 0. The van der Waals surface area contributed by atoms with Gasteiger partial charge in [0.25, 0.3) is 0 Å². The molecule has 0 aliphatic heterocycles. The predicted molar refractivity (Wildman–Crippen MR) is 98.0 cm³/mol. The molecule has 1 unspecified atom stereocenters. The van der Waals surface area contributed by atoms with Gasteiger partial charge in [-0.15, -0.1) is 0 Å². The van der Waals surface area contributed by atoms with Gasteiger partial charge >= 0.3 is 5.97 Å². The number of Topliss-reactive ketones (excluding diaryl/α,β-unsaturated/α-hetero) is 1. The Morgan fingerprint density at radius 2 is 1.76 bits per heavy atom. The summed E-state index contributed by atoms with van der Waals surface area (Å²) < 4.78 is 5.62. The van der Waals surface area contributed by atoms with Crippen LogP contribution >= 0.6 is 0 Å². The molecule has 2 aromatic rings. The molecule has 1 atom stereocenters. The number of carbonyl (C=O) groups excluding carboxylic acids is 2. The second kappa shape index (κ2) is 6.32. The average molecular weight is 334 g/mol. The quantitative estimate of drug-likeness (QED) is 0.776. The number of ether oxygens (including phenoxy) is 1. The number of hydrogen-bond acceptors (Lipinski definition) is 3. The maximum atomic E-state index is 12.9. The van der Waals surface area contributed by atoms with Gasteiger partial charge in [-0.3, -0.25) is 9.59 Å². The summed E-state index contributed by atoms with van der Waals surface area (Å²) in [4.78, 5) is 24.7. The minimum absolute atomic E-state index is 0.00885. The van der Waals surface area contributed by atoms with E-state index in [0.29, 0.717) is 17.8 Å². The Kier molecular flexibility index (Phi) is 4.34. The standard InChI is InChI=1S/C22H22O3/c1-14-10-11-18(15(2)12-14)20-19(24)13-22(4,21(20)25-16(3)23)17-8-6-5-7-9-17/h5-12H,13H2,1-4H3. The van der Waals surface area contributed by atoms with Gasteiger partial charge in [0.05, 0.1) is 11.0 Å². The smallest absolute Gasteiger partial charge is 0.307 e. The van der Waals surface area contributed by atoms with E-state index in [1.54, 1.807) is 0 Å². The fraction of sp³-hybridized carbons (Fsp3) is 0.273. The molecule has 0 saturated carbocycles. The van der Waals surface area contributed by atoms with Crippen molar-refractivity contribution in [2.45, 2.75) is 39.5 Å². The maximum Gasteiger partial charge on any atom is 0.307 e. The Hall–Kier alpha value is -2.68. The second-order valence-corrected chi connectivity index (χ2v) is 6.91. The Labute approximate surface area is 148 Å². The van der Waals surface area contributed by atoms with E-state index in [1.807, 2.05) is 69.3 Å². The Bertz CT molecular complexity index is 877. The van der Waals surface area contributed by atoms with Crippen LogP contribution in [0, 0.1) is 13.8 Å². The van der Waals surface area contributed by atoms with Crippen LogP contribution in [-0.2, 0) is 19.7 Å². The van der Waals surface area contributed by atoms with E-state index in [9.17, 15) is 9.59 Å². The first kappa shape index (κ1) is 17.2. The minimum Gasteiger partial charge on any atom is -0.429 e. The molecule has 0 bridgehead atoms. The molecule has 2 aromatic carbocycles. The van der Waals surface area contributed by atoms with Crippen LogP contribution in [0.1, 0.15) is 42.5 Å². The Balaban J connectivity index is 2.25. The van der Waals surface area contributed by atoms with E-state index in [-0.39, 0.29) is 5.78 Å². The predicted octanol–water partition coefficient (Wildman–Crippen LogP) is 4.51. The monoisotopic (exact) mass is 334 g/mol. The topological polar surface area (TPSA) is 43.4 Å². The summed E-state index contributed by atoms with van der Waals surface area (Å²) in [6.45, 7) is 7.34. The van der Waals surface area contributed by atoms with Crippen LogP contribution in [-0.4, -0.2) is 11.8 Å². The van der Waals surface area contributed by atoms with Crippen LogP contribution in [0.4, 0.5) is 0 Å². The van der Waals surface area contributed by atoms with Gasteiger partial charge in [-0.1, -0.05) is 54.1 Å². The van der Waals surface area contributed by atoms with E-state index in [0.717, 1.165) is 22.3 Å². The molecule has 1 aliphatic rings. The van der Waals surface area contributed by atoms with Crippen molar-refractivity contribution in [2.24, 2.45) is 0 Å². The largest absolute Gasteiger partial charge is 0.429 e. The number of rotatable bonds is 3. The van der Waals surface area contributed by atoms with Gasteiger partial charge in [0, 0.05) is 13.3 Å². The highest BCUT2D eigenvalue weighted by atomic mass is 16.5. The third kappa shape index (κ3) is 3.02. The van der Waals surface area contributed by atoms with Crippen molar-refractivity contribution in [1.29, 1.82) is 0 Å². The summed E-state index contributed by atoms with van der Waals surface area (Å²) in [7, 11) is 0. The number of allylic oxidation sites excluding steroid dienone is 2. The van der Waals surface area contributed by atoms with Crippen molar-refractivity contribution >= 4 is 17.3 Å². The van der Waals surface area contributed by atoms with Gasteiger partial charge in [-0.05, 0) is 37.5 Å². The zero-order valence-electron chi connectivity index (χ0n) is 15.1. The molecule has 0 heterocycles. The van der Waals surface area contributed by atoms with Crippen molar-refractivity contribution in [3.05, 3.63) is 76.5 Å². The second-order valence-electron chi connectivity index (χ2n) is 6.91. The fourth-order valence-corrected chi connectivity index (χ4v) is 3.61. The number of ketones is 1. The molecule has 3 rings (SSSR count). The molecule has 0 amide bonds. The lowest BCUT2D eigenvalue weighted by atomic mass is 9.80. The van der Waals surface area contributed by atoms with Crippen molar-refractivity contribution in [3.8, 4) is 0 Å². The Morgan fingerprint density at radius 1 is 1.08 bits per heavy atom. The molecule has 3 nitrogen and oxygen atoms in total. The lowest BCUT2D eigenvalue weighted by Gasteiger charge is -2.27.